The molecule has 0 saturated carbocycles. The maximum atomic E-state index is 6.44. The van der Waals surface area contributed by atoms with Crippen LogP contribution >= 0.6 is 15.9 Å². The largest absolute Gasteiger partial charge is 0.494 e. The summed E-state index contributed by atoms with van der Waals surface area (Å²) in [6.45, 7) is 20.8. The number of unbranched alkanes of at least 4 members (excludes halogenated alkanes) is 12. The van der Waals surface area contributed by atoms with Gasteiger partial charge in [0.2, 0.25) is 0 Å². The van der Waals surface area contributed by atoms with E-state index in [1.54, 1.807) is 0 Å². The molecule has 9 aromatic heterocycles. The zero-order chi connectivity index (χ0) is 101. The van der Waals surface area contributed by atoms with E-state index in [0.29, 0.717) is 39.6 Å². The number of fused-ring (bicyclic) bond motifs is 15. The lowest BCUT2D eigenvalue weighted by molar-refractivity contribution is 0.304. The van der Waals surface area contributed by atoms with Crippen molar-refractivity contribution in [2.75, 3.05) is 52.9 Å². The van der Waals surface area contributed by atoms with Crippen LogP contribution in [0.2, 0.25) is 0 Å². The molecule has 11 heterocycles. The number of pyridine rings is 6. The number of aromatic nitrogens is 9. The van der Waals surface area contributed by atoms with Crippen LogP contribution in [0.3, 0.4) is 0 Å². The minimum absolute atomic E-state index is 0.380. The van der Waals surface area contributed by atoms with Crippen LogP contribution < -0.4 is 29.9 Å². The molecule has 4 aliphatic rings. The van der Waals surface area contributed by atoms with Crippen molar-refractivity contribution in [1.29, 1.82) is 0 Å². The Morgan fingerprint density at radius 1 is 0.268 bits per heavy atom. The van der Waals surface area contributed by atoms with Gasteiger partial charge in [-0.25, -0.2) is 0 Å². The fraction of sp³-hybridized carbons (Fsp3) is 0.256. The van der Waals surface area contributed by atoms with Gasteiger partial charge in [0.1, 0.15) is 23.0 Å². The Morgan fingerprint density at radius 3 is 0.792 bits per heavy atom. The zero-order valence-electron chi connectivity index (χ0n) is 86.0. The van der Waals surface area contributed by atoms with E-state index in [2.05, 4.69) is 357 Å². The van der Waals surface area contributed by atoms with Crippen molar-refractivity contribution in [2.45, 2.75) is 162 Å². The van der Waals surface area contributed by atoms with E-state index in [4.69, 9.17) is 37.6 Å². The molecule has 0 N–H and O–H groups in total. The first kappa shape index (κ1) is 99.0. The first-order valence-electron chi connectivity index (χ1n) is 53.4. The van der Waals surface area contributed by atoms with Gasteiger partial charge in [-0.05, 0) is 303 Å². The van der Waals surface area contributed by atoms with Crippen LogP contribution in [0.15, 0.2) is 340 Å². The summed E-state index contributed by atoms with van der Waals surface area (Å²) in [4.78, 5) is 26.4. The van der Waals surface area contributed by atoms with Gasteiger partial charge < -0.3 is 51.3 Å². The molecule has 2 aliphatic heterocycles. The third-order valence-corrected chi connectivity index (χ3v) is 31.3. The van der Waals surface area contributed by atoms with Crippen molar-refractivity contribution < 1.29 is 37.6 Å². The van der Waals surface area contributed by atoms with Crippen LogP contribution in [0, 0.1) is 20.8 Å². The second-order valence-corrected chi connectivity index (χ2v) is 40.7. The number of halogens is 1. The van der Waals surface area contributed by atoms with Crippen molar-refractivity contribution in [3.8, 4) is 84.6 Å². The zero-order valence-corrected chi connectivity index (χ0v) is 87.6. The quantitative estimate of drug-likeness (QED) is 0.0272. The van der Waals surface area contributed by atoms with E-state index in [1.807, 2.05) is 86.5 Å². The summed E-state index contributed by atoms with van der Waals surface area (Å²) in [6, 6.07) is 95.8. The van der Waals surface area contributed by atoms with Gasteiger partial charge in [0, 0.05) is 128 Å². The average molecular weight is 2030 g/mol. The number of nitrogens with zero attached hydrogens (tertiary/aromatic N) is 9. The van der Waals surface area contributed by atoms with Crippen molar-refractivity contribution in [3.05, 3.63) is 401 Å². The maximum Gasteiger partial charge on any atom is 0.494 e. The van der Waals surface area contributed by atoms with Gasteiger partial charge in [0.25, 0.3) is 0 Å². The lowest BCUT2D eigenvalue weighted by atomic mass is 9.65. The van der Waals surface area contributed by atoms with Crippen molar-refractivity contribution >= 4 is 107 Å². The molecule has 0 spiro atoms. The molecule has 2 saturated heterocycles. The monoisotopic (exact) mass is 2030 g/mol. The van der Waals surface area contributed by atoms with Gasteiger partial charge in [-0.15, -0.1) is 0 Å². The van der Waals surface area contributed by atoms with E-state index in [-0.39, 0.29) is 14.2 Å². The van der Waals surface area contributed by atoms with Crippen molar-refractivity contribution in [1.82, 2.24) is 43.6 Å². The van der Waals surface area contributed by atoms with E-state index < -0.39 is 10.8 Å². The topological polar surface area (TPSA) is 166 Å². The predicted octanol–water partition coefficient (Wildman–Crippen LogP) is 29.8. The minimum atomic E-state index is -0.715. The molecule has 2 fully saturated rings. The average Bonchev–Trinajstić information content (AvgIpc) is 1.54. The molecule has 2 aliphatic carbocycles. The van der Waals surface area contributed by atoms with Crippen LogP contribution in [0.1, 0.15) is 192 Å². The first-order chi connectivity index (χ1) is 73.4. The molecule has 0 amide bonds. The molecule has 0 unspecified atom stereocenters. The van der Waals surface area contributed by atoms with Crippen LogP contribution in [0.25, 0.3) is 127 Å². The normalized spacial score (nSPS) is 13.6. The fourth-order valence-corrected chi connectivity index (χ4v) is 23.3. The summed E-state index contributed by atoms with van der Waals surface area (Å²) in [5, 5.41) is 6.61. The number of hydrogen-bond donors (Lipinski definition) is 0. The molecule has 17 nitrogen and oxygen atoms in total. The second-order valence-electron chi connectivity index (χ2n) is 39.8. The molecule has 20 heteroatoms. The fourth-order valence-electron chi connectivity index (χ4n) is 23.0. The Morgan fingerprint density at radius 2 is 0.523 bits per heavy atom. The van der Waals surface area contributed by atoms with Gasteiger partial charge in [-0.2, -0.15) is 0 Å². The molecule has 11 aromatic carbocycles. The molecule has 0 atom stereocenters. The lowest BCUT2D eigenvalue weighted by Gasteiger charge is -2.34. The molecule has 0 bridgehead atoms. The Kier molecular flexibility index (Phi) is 29.8. The molecule has 24 rings (SSSR count). The summed E-state index contributed by atoms with van der Waals surface area (Å²) < 4.78 is 57.4. The van der Waals surface area contributed by atoms with Gasteiger partial charge in [0.15, 0.2) is 0 Å². The molecule has 149 heavy (non-hydrogen) atoms. The van der Waals surface area contributed by atoms with Crippen LogP contribution in [0.4, 0.5) is 0 Å². The van der Waals surface area contributed by atoms with Crippen LogP contribution in [-0.4, -0.2) is 111 Å². The number of ether oxygens (including phenoxy) is 4. The van der Waals surface area contributed by atoms with Crippen LogP contribution in [0.5, 0.6) is 23.0 Å². The summed E-state index contributed by atoms with van der Waals surface area (Å²) in [6.07, 6.45) is 41.4. The highest BCUT2D eigenvalue weighted by molar-refractivity contribution is 9.10. The molecule has 746 valence electrons. The maximum absolute atomic E-state index is 6.44. The summed E-state index contributed by atoms with van der Waals surface area (Å²) in [5.74, 6) is 3.56. The van der Waals surface area contributed by atoms with Crippen molar-refractivity contribution in [2.24, 2.45) is 0 Å². The number of rotatable bonds is 35. The van der Waals surface area contributed by atoms with E-state index in [1.165, 1.54) is 161 Å². The predicted molar refractivity (Wildman–Crippen MR) is 610 cm³/mol. The number of benzene rings is 11. The Balaban J connectivity index is 0.000000151. The molecule has 20 aromatic rings. The minimum Gasteiger partial charge on any atom is -0.494 e. The highest BCUT2D eigenvalue weighted by Gasteiger charge is 2.50. The van der Waals surface area contributed by atoms with Gasteiger partial charge >= 0.3 is 14.2 Å². The number of hydrogen-bond acceptors (Lipinski definition) is 14. The van der Waals surface area contributed by atoms with Crippen molar-refractivity contribution in [3.63, 3.8) is 0 Å². The SMILES string of the molecule is CCCCCCOc1ccc(C2(c3ccc(OCCCCCC)cc3)c3cc(-c4ccc(-n5c6ccncc6c6cnccc65)cc4C)ccc3-c3ccc(-c4ccc(-n5c6ccncc6c6cnccc65)cc4C)cc32)cc1.CCCCCCOc1ccc(C2(c3ccc(OCCCCCC)cc3)c3cc(B4OCCO4)ccc3-c3ccc(B4OCCO4)cc32)cc1.Cc1cc(-n2c3ccncc3c3cnccc32)ccc1Br. The molecular weight excluding hydrogens is 1910 g/mol. The Bertz CT molecular complexity index is 7640. The number of aryl methyl sites for hydroxylation is 3. The molecular formula is C129H124B2BrN9O8. The van der Waals surface area contributed by atoms with E-state index in [9.17, 15) is 0 Å². The van der Waals surface area contributed by atoms with E-state index in [0.717, 1.165) is 182 Å². The highest BCUT2D eigenvalue weighted by atomic mass is 79.9. The summed E-state index contributed by atoms with van der Waals surface area (Å²) >= 11 is 3.56. The first-order valence-corrected chi connectivity index (χ1v) is 54.2. The van der Waals surface area contributed by atoms with Gasteiger partial charge in [-0.3, -0.25) is 29.9 Å². The third-order valence-electron chi connectivity index (χ3n) is 30.4. The third kappa shape index (κ3) is 19.4. The smallest absolute Gasteiger partial charge is 0.494 e. The second kappa shape index (κ2) is 44.8. The summed E-state index contributed by atoms with van der Waals surface area (Å²) in [5.41, 5.74) is 33.5. The Hall–Kier alpha value is -14.6. The van der Waals surface area contributed by atoms with E-state index >= 15 is 0 Å². The highest BCUT2D eigenvalue weighted by Crippen LogP contribution is 2.60. The summed E-state index contributed by atoms with van der Waals surface area (Å²) in [7, 11) is -0.760. The van der Waals surface area contributed by atoms with Gasteiger partial charge in [0.05, 0.1) is 96.8 Å². The van der Waals surface area contributed by atoms with Gasteiger partial charge in [-0.1, -0.05) is 242 Å². The lowest BCUT2D eigenvalue weighted by Crippen LogP contribution is -2.36. The standard InChI is InChI=1S/C71H64N6O2.C41H48B2O6.C17H12BrN3/c1-5-7-9-11-37-78-55-21-15-51(16-22-55)71(52-17-23-56(24-18-52)79-38-12-10-8-6-2)65-41-49(57-27-19-53(39-47(57)3)76-67-29-33-72-43-61(67)62-44-73-34-30-68(62)76)13-25-59(65)60-26-14-50(42-66(60)71)58-28-20-54(40-48(58)4)77-69-31-35-74-45-63(69)64-46-75-36-32-70(64)77;1-3-5-7-9-23-44-35-17-11-31(12-18-35)41(32-13-19-36(20-14-32)45-24-10-8-6-4-2)39-29-33(42-46-25-26-47-42)15-21-37(39)38-22-16-34(30-40(38)41)43-48-27-28-49-43;1-11-8-12(2-3-15(11)18)21-16-4-6-19-9-13(16)14-10-20-7-5-17(14)21/h13-36,39-46H,5-12,37-38H2,1-4H3;11-22,29-30H,3-10,23-28H2,1-2H3;2-10H,1H3. The van der Waals surface area contributed by atoms with Crippen LogP contribution in [-0.2, 0) is 29.4 Å². The Labute approximate surface area is 881 Å². The molecule has 0 radical (unpaired) electrons.